The van der Waals surface area contributed by atoms with E-state index in [-0.39, 0.29) is 0 Å². The summed E-state index contributed by atoms with van der Waals surface area (Å²) < 4.78 is 0. The van der Waals surface area contributed by atoms with Crippen LogP contribution < -0.4 is 0 Å². The molecule has 4 rings (SSSR count). The number of rotatable bonds is 3. The van der Waals surface area contributed by atoms with Gasteiger partial charge in [0, 0.05) is 29.9 Å². The molecule has 2 aliphatic rings. The van der Waals surface area contributed by atoms with Gasteiger partial charge in [-0.2, -0.15) is 0 Å². The number of fused-ring (bicyclic) bond motifs is 1. The molecule has 3 atom stereocenters. The number of thiophene rings is 1. The van der Waals surface area contributed by atoms with E-state index >= 15 is 0 Å². The predicted molar refractivity (Wildman–Crippen MR) is 95.4 cm³/mol. The van der Waals surface area contributed by atoms with Gasteiger partial charge in [0.05, 0.1) is 5.60 Å². The van der Waals surface area contributed by atoms with Crippen LogP contribution in [0.1, 0.15) is 42.5 Å². The van der Waals surface area contributed by atoms with Crippen LogP contribution in [-0.4, -0.2) is 22.6 Å². The van der Waals surface area contributed by atoms with Crippen LogP contribution in [0.2, 0.25) is 0 Å². The quantitative estimate of drug-likeness (QED) is 0.903. The Morgan fingerprint density at radius 1 is 1.09 bits per heavy atom. The van der Waals surface area contributed by atoms with Crippen molar-refractivity contribution >= 4 is 11.3 Å². The van der Waals surface area contributed by atoms with Gasteiger partial charge in [-0.05, 0) is 36.3 Å². The number of benzene rings is 1. The summed E-state index contributed by atoms with van der Waals surface area (Å²) in [6, 6.07) is 15.3. The van der Waals surface area contributed by atoms with Crippen molar-refractivity contribution in [3.8, 4) is 0 Å². The molecule has 1 N–H and O–H groups in total. The minimum Gasteiger partial charge on any atom is -0.385 e. The average Bonchev–Trinajstić information content (AvgIpc) is 3.12. The molecule has 122 valence electrons. The van der Waals surface area contributed by atoms with Gasteiger partial charge in [0.1, 0.15) is 0 Å². The van der Waals surface area contributed by atoms with Crippen molar-refractivity contribution < 1.29 is 5.11 Å². The maximum absolute atomic E-state index is 11.6. The fraction of sp³-hybridized carbons (Fsp3) is 0.500. The Morgan fingerprint density at radius 3 is 2.70 bits per heavy atom. The fourth-order valence-corrected chi connectivity index (χ4v) is 5.38. The molecular formula is C20H25NOS. The van der Waals surface area contributed by atoms with Crippen LogP contribution in [0, 0.1) is 5.92 Å². The van der Waals surface area contributed by atoms with E-state index in [1.807, 2.05) is 17.4 Å². The molecular weight excluding hydrogens is 302 g/mol. The topological polar surface area (TPSA) is 23.5 Å². The van der Waals surface area contributed by atoms with Crippen LogP contribution in [0.25, 0.3) is 0 Å². The molecule has 1 aliphatic carbocycles. The van der Waals surface area contributed by atoms with Gasteiger partial charge in [0.25, 0.3) is 0 Å². The van der Waals surface area contributed by atoms with Crippen LogP contribution in [0.3, 0.4) is 0 Å². The van der Waals surface area contributed by atoms with E-state index < -0.39 is 5.60 Å². The first kappa shape index (κ1) is 15.4. The molecule has 2 heterocycles. The molecule has 1 aliphatic heterocycles. The van der Waals surface area contributed by atoms with Crippen molar-refractivity contribution in [2.75, 3.05) is 6.54 Å². The molecule has 0 spiro atoms. The van der Waals surface area contributed by atoms with E-state index in [0.717, 1.165) is 31.5 Å². The highest BCUT2D eigenvalue weighted by Gasteiger charge is 2.48. The van der Waals surface area contributed by atoms with Crippen molar-refractivity contribution in [2.45, 2.75) is 50.3 Å². The van der Waals surface area contributed by atoms with Crippen LogP contribution >= 0.6 is 11.3 Å². The van der Waals surface area contributed by atoms with Gasteiger partial charge >= 0.3 is 0 Å². The number of hydrogen-bond donors (Lipinski definition) is 1. The molecule has 23 heavy (non-hydrogen) atoms. The molecule has 0 bridgehead atoms. The first-order valence-electron chi connectivity index (χ1n) is 8.82. The smallest absolute Gasteiger partial charge is 0.0951 e. The predicted octanol–water partition coefficient (Wildman–Crippen LogP) is 4.40. The summed E-state index contributed by atoms with van der Waals surface area (Å²) in [6.45, 7) is 2.04. The summed E-state index contributed by atoms with van der Waals surface area (Å²) >= 11 is 1.85. The molecule has 3 heteroatoms. The maximum atomic E-state index is 11.6. The Kier molecular flexibility index (Phi) is 4.27. The Hall–Kier alpha value is -1.16. The van der Waals surface area contributed by atoms with Crippen molar-refractivity contribution in [1.82, 2.24) is 4.90 Å². The molecule has 0 amide bonds. The Balaban J connectivity index is 1.61. The summed E-state index contributed by atoms with van der Waals surface area (Å²) in [5.41, 5.74) is 0.478. The normalized spacial score (nSPS) is 31.7. The van der Waals surface area contributed by atoms with E-state index in [9.17, 15) is 5.11 Å². The lowest BCUT2D eigenvalue weighted by Gasteiger charge is -2.52. The second-order valence-corrected chi connectivity index (χ2v) is 8.08. The monoisotopic (exact) mass is 327 g/mol. The highest BCUT2D eigenvalue weighted by molar-refractivity contribution is 7.09. The summed E-state index contributed by atoms with van der Waals surface area (Å²) in [5.74, 6) is 0.368. The van der Waals surface area contributed by atoms with Gasteiger partial charge in [-0.25, -0.2) is 0 Å². The second-order valence-electron chi connectivity index (χ2n) is 7.05. The van der Waals surface area contributed by atoms with Crippen LogP contribution in [0.4, 0.5) is 0 Å². The van der Waals surface area contributed by atoms with Gasteiger partial charge < -0.3 is 5.11 Å². The molecule has 2 aromatic rings. The Bertz CT molecular complexity index is 626. The number of hydrogen-bond acceptors (Lipinski definition) is 3. The minimum atomic E-state index is -0.641. The molecule has 0 radical (unpaired) electrons. The summed E-state index contributed by atoms with van der Waals surface area (Å²) in [4.78, 5) is 4.08. The molecule has 1 saturated carbocycles. The minimum absolute atomic E-state index is 0.368. The third-order valence-corrected chi connectivity index (χ3v) is 6.67. The lowest BCUT2D eigenvalue weighted by molar-refractivity contribution is -0.122. The number of piperidine rings is 1. The number of likely N-dealkylation sites (tertiary alicyclic amines) is 1. The third-order valence-electron chi connectivity index (χ3n) is 5.80. The zero-order valence-electron chi connectivity index (χ0n) is 13.5. The maximum Gasteiger partial charge on any atom is 0.0951 e. The molecule has 1 aromatic carbocycles. The Labute approximate surface area is 142 Å². The number of aliphatic hydroxyl groups is 1. The second kappa shape index (κ2) is 6.39. The largest absolute Gasteiger partial charge is 0.385 e. The van der Waals surface area contributed by atoms with Gasteiger partial charge in [-0.15, -0.1) is 11.3 Å². The first-order valence-corrected chi connectivity index (χ1v) is 9.70. The standard InChI is InChI=1S/C20H25NOS/c22-20(16-7-2-1-3-8-16)12-13-21(15-17-9-6-14-23-17)19-11-5-4-10-18(19)20/h1-3,6-9,14,18-19,22H,4-5,10-13,15H2/t18-,19-,20+/m0/s1. The fourth-order valence-electron chi connectivity index (χ4n) is 4.65. The molecule has 2 nitrogen and oxygen atoms in total. The van der Waals surface area contributed by atoms with Crippen LogP contribution in [0.15, 0.2) is 47.8 Å². The first-order chi connectivity index (χ1) is 11.3. The molecule has 1 saturated heterocycles. The lowest BCUT2D eigenvalue weighted by atomic mass is 9.66. The highest BCUT2D eigenvalue weighted by Crippen LogP contribution is 2.47. The van der Waals surface area contributed by atoms with Crippen molar-refractivity contribution in [3.63, 3.8) is 0 Å². The molecule has 1 aromatic heterocycles. The van der Waals surface area contributed by atoms with Crippen molar-refractivity contribution in [3.05, 3.63) is 58.3 Å². The summed E-state index contributed by atoms with van der Waals surface area (Å²) in [6.07, 6.45) is 5.78. The summed E-state index contributed by atoms with van der Waals surface area (Å²) in [7, 11) is 0. The SMILES string of the molecule is O[C@@]1(c2ccccc2)CCN(Cc2cccs2)[C@H]2CCCC[C@@H]21. The third kappa shape index (κ3) is 2.86. The molecule has 2 fully saturated rings. The van der Waals surface area contributed by atoms with Crippen molar-refractivity contribution in [2.24, 2.45) is 5.92 Å². The van der Waals surface area contributed by atoms with Gasteiger partial charge in [0.15, 0.2) is 0 Å². The lowest BCUT2D eigenvalue weighted by Crippen LogP contribution is -2.57. The van der Waals surface area contributed by atoms with E-state index in [0.29, 0.717) is 12.0 Å². The van der Waals surface area contributed by atoms with Crippen LogP contribution in [0.5, 0.6) is 0 Å². The van der Waals surface area contributed by atoms with E-state index in [1.54, 1.807) is 0 Å². The van der Waals surface area contributed by atoms with Gasteiger partial charge in [-0.1, -0.05) is 49.2 Å². The number of nitrogens with zero attached hydrogens (tertiary/aromatic N) is 1. The van der Waals surface area contributed by atoms with E-state index in [4.69, 9.17) is 0 Å². The van der Waals surface area contributed by atoms with Crippen molar-refractivity contribution in [1.29, 1.82) is 0 Å². The Morgan fingerprint density at radius 2 is 1.91 bits per heavy atom. The van der Waals surface area contributed by atoms with E-state index in [1.165, 1.54) is 24.1 Å². The molecule has 0 unspecified atom stereocenters. The van der Waals surface area contributed by atoms with Gasteiger partial charge in [0.2, 0.25) is 0 Å². The van der Waals surface area contributed by atoms with Crippen LogP contribution in [-0.2, 0) is 12.1 Å². The highest BCUT2D eigenvalue weighted by atomic mass is 32.1. The van der Waals surface area contributed by atoms with Gasteiger partial charge in [-0.3, -0.25) is 4.90 Å². The zero-order valence-corrected chi connectivity index (χ0v) is 14.3. The zero-order chi connectivity index (χ0) is 15.7. The average molecular weight is 327 g/mol. The summed E-state index contributed by atoms with van der Waals surface area (Å²) in [5, 5.41) is 13.7. The van der Waals surface area contributed by atoms with E-state index in [2.05, 4.69) is 46.7 Å².